The topological polar surface area (TPSA) is 62.1 Å². The third-order valence-corrected chi connectivity index (χ3v) is 7.06. The molecule has 132 valence electrons. The van der Waals surface area contributed by atoms with E-state index in [-0.39, 0.29) is 15.6 Å². The fourth-order valence-electron chi connectivity index (χ4n) is 5.65. The highest BCUT2D eigenvalue weighted by Crippen LogP contribution is 2.64. The number of anilines is 1. The van der Waals surface area contributed by atoms with Crippen molar-refractivity contribution in [2.24, 2.45) is 17.3 Å². The standard InChI is InChI=1S/C20H23BrN2O2/c1-2-25-17-4-3-13(11-22)6-16(17)23-18(24)19-7-14-5-15(8-19)10-20(21,9-14)12-19/h3-4,6,14-15H,2,5,7-10,12H2,1H3,(H,23,24). The van der Waals surface area contributed by atoms with E-state index in [0.29, 0.717) is 35.4 Å². The van der Waals surface area contributed by atoms with Gasteiger partial charge in [-0.2, -0.15) is 5.26 Å². The number of nitriles is 1. The summed E-state index contributed by atoms with van der Waals surface area (Å²) in [5.41, 5.74) is 0.867. The van der Waals surface area contributed by atoms with Crippen LogP contribution in [-0.4, -0.2) is 16.8 Å². The molecule has 0 aromatic heterocycles. The maximum absolute atomic E-state index is 13.3. The molecule has 4 aliphatic rings. The molecule has 5 heteroatoms. The zero-order valence-electron chi connectivity index (χ0n) is 14.5. The lowest BCUT2D eigenvalue weighted by Gasteiger charge is -2.59. The van der Waals surface area contributed by atoms with Gasteiger partial charge < -0.3 is 10.1 Å². The lowest BCUT2D eigenvalue weighted by molar-refractivity contribution is -0.138. The Labute approximate surface area is 157 Å². The number of carbonyl (C=O) groups excluding carboxylic acids is 1. The van der Waals surface area contributed by atoms with E-state index in [1.165, 1.54) is 19.3 Å². The lowest BCUT2D eigenvalue weighted by Crippen LogP contribution is -2.57. The minimum atomic E-state index is -0.278. The van der Waals surface area contributed by atoms with Crippen LogP contribution in [0.2, 0.25) is 0 Å². The van der Waals surface area contributed by atoms with Crippen molar-refractivity contribution in [1.82, 2.24) is 0 Å². The second-order valence-electron chi connectivity index (χ2n) is 8.10. The van der Waals surface area contributed by atoms with Gasteiger partial charge in [0.05, 0.1) is 29.3 Å². The Hall–Kier alpha value is -1.54. The van der Waals surface area contributed by atoms with E-state index in [1.807, 2.05) is 6.92 Å². The van der Waals surface area contributed by atoms with Gasteiger partial charge in [0.1, 0.15) is 5.75 Å². The summed E-state index contributed by atoms with van der Waals surface area (Å²) in [6, 6.07) is 7.34. The summed E-state index contributed by atoms with van der Waals surface area (Å²) >= 11 is 3.96. The maximum Gasteiger partial charge on any atom is 0.230 e. The number of alkyl halides is 1. The number of benzene rings is 1. The number of hydrogen-bond acceptors (Lipinski definition) is 3. The smallest absolute Gasteiger partial charge is 0.230 e. The highest BCUT2D eigenvalue weighted by molar-refractivity contribution is 9.10. The van der Waals surface area contributed by atoms with Gasteiger partial charge in [-0.25, -0.2) is 0 Å². The van der Waals surface area contributed by atoms with E-state index >= 15 is 0 Å². The molecule has 0 saturated heterocycles. The van der Waals surface area contributed by atoms with Crippen LogP contribution in [0.4, 0.5) is 5.69 Å². The van der Waals surface area contributed by atoms with Gasteiger partial charge >= 0.3 is 0 Å². The van der Waals surface area contributed by atoms with Crippen molar-refractivity contribution in [3.63, 3.8) is 0 Å². The molecule has 0 aliphatic heterocycles. The normalized spacial score (nSPS) is 35.2. The Kier molecular flexibility index (Phi) is 4.07. The van der Waals surface area contributed by atoms with E-state index in [2.05, 4.69) is 27.3 Å². The van der Waals surface area contributed by atoms with Crippen molar-refractivity contribution < 1.29 is 9.53 Å². The van der Waals surface area contributed by atoms with E-state index in [9.17, 15) is 10.1 Å². The fraction of sp³-hybridized carbons (Fsp3) is 0.600. The van der Waals surface area contributed by atoms with Crippen LogP contribution >= 0.6 is 15.9 Å². The van der Waals surface area contributed by atoms with Gasteiger partial charge in [0.2, 0.25) is 5.91 Å². The van der Waals surface area contributed by atoms with Crippen LogP contribution in [0.15, 0.2) is 18.2 Å². The number of nitrogens with one attached hydrogen (secondary N) is 1. The zero-order chi connectivity index (χ0) is 17.7. The van der Waals surface area contributed by atoms with E-state index in [4.69, 9.17) is 4.74 Å². The molecule has 4 nitrogen and oxygen atoms in total. The molecule has 1 aromatic carbocycles. The van der Waals surface area contributed by atoms with Crippen molar-refractivity contribution in [2.45, 2.75) is 49.8 Å². The molecule has 4 fully saturated rings. The monoisotopic (exact) mass is 402 g/mol. The van der Waals surface area contributed by atoms with Crippen LogP contribution in [0, 0.1) is 28.6 Å². The van der Waals surface area contributed by atoms with Crippen LogP contribution in [0.3, 0.4) is 0 Å². The van der Waals surface area contributed by atoms with E-state index < -0.39 is 0 Å². The molecule has 4 aliphatic carbocycles. The fourth-order valence-corrected chi connectivity index (χ4v) is 7.10. The maximum atomic E-state index is 13.3. The molecule has 1 amide bonds. The predicted octanol–water partition coefficient (Wildman–Crippen LogP) is 4.63. The van der Waals surface area contributed by atoms with Gasteiger partial charge in [0.25, 0.3) is 0 Å². The first-order valence-electron chi connectivity index (χ1n) is 9.13. The number of nitrogens with zero attached hydrogens (tertiary/aromatic N) is 1. The number of rotatable bonds is 4. The number of carbonyl (C=O) groups is 1. The van der Waals surface area contributed by atoms with Gasteiger partial charge in [-0.1, -0.05) is 15.9 Å². The summed E-state index contributed by atoms with van der Waals surface area (Å²) in [6.07, 6.45) is 6.58. The SMILES string of the molecule is CCOc1ccc(C#N)cc1NC(=O)C12CC3CC(CC(Br)(C3)C1)C2. The quantitative estimate of drug-likeness (QED) is 0.746. The average Bonchev–Trinajstić information content (AvgIpc) is 2.54. The van der Waals surface area contributed by atoms with Crippen LogP contribution in [0.1, 0.15) is 51.0 Å². The van der Waals surface area contributed by atoms with Gasteiger partial charge in [-0.05, 0) is 75.5 Å². The Bertz CT molecular complexity index is 741. The Balaban J connectivity index is 1.61. The summed E-state index contributed by atoms with van der Waals surface area (Å²) in [7, 11) is 0. The molecule has 0 spiro atoms. The van der Waals surface area contributed by atoms with Gasteiger partial charge in [0.15, 0.2) is 0 Å². The van der Waals surface area contributed by atoms with Crippen LogP contribution in [0.5, 0.6) is 5.75 Å². The lowest BCUT2D eigenvalue weighted by atomic mass is 9.49. The Morgan fingerprint density at radius 1 is 1.36 bits per heavy atom. The van der Waals surface area contributed by atoms with Crippen LogP contribution < -0.4 is 10.1 Å². The number of hydrogen-bond donors (Lipinski definition) is 1. The number of ether oxygens (including phenoxy) is 1. The third kappa shape index (κ3) is 2.95. The summed E-state index contributed by atoms with van der Waals surface area (Å²) in [4.78, 5) is 13.3. The minimum absolute atomic E-state index is 0.0986. The van der Waals surface area contributed by atoms with E-state index in [0.717, 1.165) is 19.3 Å². The molecule has 2 atom stereocenters. The molecule has 25 heavy (non-hydrogen) atoms. The summed E-state index contributed by atoms with van der Waals surface area (Å²) in [6.45, 7) is 2.44. The minimum Gasteiger partial charge on any atom is -0.492 e. The van der Waals surface area contributed by atoms with Crippen molar-refractivity contribution in [1.29, 1.82) is 5.26 Å². The second-order valence-corrected chi connectivity index (χ2v) is 9.78. The third-order valence-electron chi connectivity index (χ3n) is 6.13. The predicted molar refractivity (Wildman–Crippen MR) is 99.7 cm³/mol. The summed E-state index contributed by atoms with van der Waals surface area (Å²) < 4.78 is 5.79. The zero-order valence-corrected chi connectivity index (χ0v) is 16.1. The number of amides is 1. The Morgan fingerprint density at radius 3 is 2.68 bits per heavy atom. The first kappa shape index (κ1) is 16.9. The molecule has 0 radical (unpaired) electrons. The molecular formula is C20H23BrN2O2. The first-order chi connectivity index (χ1) is 12.0. The van der Waals surface area contributed by atoms with Gasteiger partial charge in [-0.3, -0.25) is 4.79 Å². The van der Waals surface area contributed by atoms with Gasteiger partial charge in [-0.15, -0.1) is 0 Å². The number of halogens is 1. The molecule has 4 bridgehead atoms. The summed E-state index contributed by atoms with van der Waals surface area (Å²) in [5.74, 6) is 2.04. The van der Waals surface area contributed by atoms with Crippen molar-refractivity contribution >= 4 is 27.5 Å². The molecular weight excluding hydrogens is 380 g/mol. The molecule has 4 saturated carbocycles. The van der Waals surface area contributed by atoms with Crippen molar-refractivity contribution in [3.8, 4) is 11.8 Å². The largest absolute Gasteiger partial charge is 0.492 e. The molecule has 1 aromatic rings. The van der Waals surface area contributed by atoms with Crippen LogP contribution in [0.25, 0.3) is 0 Å². The highest BCUT2D eigenvalue weighted by Gasteiger charge is 2.59. The first-order valence-corrected chi connectivity index (χ1v) is 9.92. The molecule has 5 rings (SSSR count). The average molecular weight is 403 g/mol. The van der Waals surface area contributed by atoms with Crippen molar-refractivity contribution in [2.75, 3.05) is 11.9 Å². The van der Waals surface area contributed by atoms with E-state index in [1.54, 1.807) is 18.2 Å². The highest BCUT2D eigenvalue weighted by atomic mass is 79.9. The molecule has 2 unspecified atom stereocenters. The van der Waals surface area contributed by atoms with Gasteiger partial charge in [0, 0.05) is 4.32 Å². The summed E-state index contributed by atoms with van der Waals surface area (Å²) in [5, 5.41) is 12.3. The van der Waals surface area contributed by atoms with Crippen molar-refractivity contribution in [3.05, 3.63) is 23.8 Å². The molecule has 0 heterocycles. The second kappa shape index (κ2) is 6.02. The Morgan fingerprint density at radius 2 is 2.08 bits per heavy atom. The molecule has 1 N–H and O–H groups in total. The van der Waals surface area contributed by atoms with Crippen LogP contribution in [-0.2, 0) is 4.79 Å².